The SMILES string of the molecule is CC(=O)OC[C@H]1O[C@@H](O[C@H]2[C@H](OC(C)=O)[C@@H](OC(C)=O)[C@H](N=[N+]=[N-])O[C@@H]2CN=[N+]=[N-])[C@H](OC(C)=O)[C@@H](OC(C)=O)[C@@H]1OC(C)=O. The van der Waals surface area contributed by atoms with Crippen LogP contribution in [0.5, 0.6) is 0 Å². The molecule has 45 heavy (non-hydrogen) atoms. The number of nitrogens with zero attached hydrogens (tertiary/aromatic N) is 6. The highest BCUT2D eigenvalue weighted by Gasteiger charge is 2.57. The average molecular weight is 645 g/mol. The van der Waals surface area contributed by atoms with Crippen LogP contribution in [0.3, 0.4) is 0 Å². The van der Waals surface area contributed by atoms with Crippen LogP contribution in [0.15, 0.2) is 10.2 Å². The molecule has 0 radical (unpaired) electrons. The molecule has 0 aliphatic carbocycles. The van der Waals surface area contributed by atoms with Crippen LogP contribution in [0.2, 0.25) is 0 Å². The highest BCUT2D eigenvalue weighted by molar-refractivity contribution is 5.69. The molecule has 2 aliphatic heterocycles. The molecular formula is C24H32N6O15. The van der Waals surface area contributed by atoms with Crippen LogP contribution < -0.4 is 0 Å². The average Bonchev–Trinajstić information content (AvgIpc) is 2.91. The molecule has 0 spiro atoms. The van der Waals surface area contributed by atoms with Crippen molar-refractivity contribution >= 4 is 35.8 Å². The summed E-state index contributed by atoms with van der Waals surface area (Å²) in [5.41, 5.74) is 18.1. The first kappa shape index (κ1) is 36.5. The number of hydrogen-bond acceptors (Lipinski definition) is 17. The van der Waals surface area contributed by atoms with Gasteiger partial charge in [-0.15, -0.1) is 0 Å². The van der Waals surface area contributed by atoms with Crippen molar-refractivity contribution in [2.75, 3.05) is 13.2 Å². The van der Waals surface area contributed by atoms with Gasteiger partial charge >= 0.3 is 35.8 Å². The van der Waals surface area contributed by atoms with E-state index < -0.39 is 110 Å². The fraction of sp³-hybridized carbons (Fsp3) is 0.750. The second kappa shape index (κ2) is 17.0. The van der Waals surface area contributed by atoms with Crippen LogP contribution in [0.25, 0.3) is 20.9 Å². The third kappa shape index (κ3) is 10.8. The van der Waals surface area contributed by atoms with Crippen molar-refractivity contribution in [2.45, 2.75) is 103 Å². The number of ether oxygens (including phenoxy) is 9. The predicted molar refractivity (Wildman–Crippen MR) is 140 cm³/mol. The summed E-state index contributed by atoms with van der Waals surface area (Å²) < 4.78 is 49.6. The van der Waals surface area contributed by atoms with Crippen molar-refractivity contribution in [2.24, 2.45) is 10.2 Å². The second-order valence-corrected chi connectivity index (χ2v) is 9.50. The number of esters is 6. The Morgan fingerprint density at radius 3 is 1.58 bits per heavy atom. The fourth-order valence-electron chi connectivity index (χ4n) is 4.56. The molecule has 2 rings (SSSR count). The zero-order valence-corrected chi connectivity index (χ0v) is 25.0. The second-order valence-electron chi connectivity index (χ2n) is 9.50. The van der Waals surface area contributed by atoms with E-state index >= 15 is 0 Å². The van der Waals surface area contributed by atoms with Crippen molar-refractivity contribution in [1.82, 2.24) is 0 Å². The Kier molecular flexibility index (Phi) is 13.8. The van der Waals surface area contributed by atoms with E-state index in [-0.39, 0.29) is 0 Å². The summed E-state index contributed by atoms with van der Waals surface area (Å²) >= 11 is 0. The van der Waals surface area contributed by atoms with Gasteiger partial charge in [-0.2, -0.15) is 0 Å². The summed E-state index contributed by atoms with van der Waals surface area (Å²) in [5, 5.41) is 6.89. The van der Waals surface area contributed by atoms with Crippen LogP contribution in [-0.4, -0.2) is 110 Å². The van der Waals surface area contributed by atoms with Gasteiger partial charge < -0.3 is 42.6 Å². The van der Waals surface area contributed by atoms with Crippen LogP contribution in [0, 0.1) is 0 Å². The minimum absolute atomic E-state index is 0.533. The van der Waals surface area contributed by atoms with Gasteiger partial charge in [0.1, 0.15) is 18.8 Å². The summed E-state index contributed by atoms with van der Waals surface area (Å²) in [7, 11) is 0. The summed E-state index contributed by atoms with van der Waals surface area (Å²) in [6, 6.07) is 0. The molecule has 2 fully saturated rings. The molecule has 0 amide bonds. The molecule has 2 saturated heterocycles. The van der Waals surface area contributed by atoms with Gasteiger partial charge in [0.05, 0.1) is 12.6 Å². The molecule has 0 unspecified atom stereocenters. The van der Waals surface area contributed by atoms with Crippen molar-refractivity contribution in [3.8, 4) is 0 Å². The van der Waals surface area contributed by atoms with E-state index in [4.69, 9.17) is 53.7 Å². The molecule has 21 nitrogen and oxygen atoms in total. The number of carbonyl (C=O) groups is 6. The van der Waals surface area contributed by atoms with Gasteiger partial charge in [-0.05, 0) is 11.1 Å². The maximum atomic E-state index is 12.2. The van der Waals surface area contributed by atoms with E-state index in [1.807, 2.05) is 0 Å². The molecule has 0 aromatic carbocycles. The molecule has 248 valence electrons. The summed E-state index contributed by atoms with van der Waals surface area (Å²) in [6.07, 6.45) is -15.9. The summed E-state index contributed by atoms with van der Waals surface area (Å²) in [5.74, 6) is -5.30. The van der Waals surface area contributed by atoms with E-state index in [0.29, 0.717) is 0 Å². The van der Waals surface area contributed by atoms with Crippen molar-refractivity contribution in [3.63, 3.8) is 0 Å². The molecule has 2 aliphatic rings. The van der Waals surface area contributed by atoms with Gasteiger partial charge in [0.15, 0.2) is 43.0 Å². The van der Waals surface area contributed by atoms with E-state index in [2.05, 4.69) is 20.1 Å². The topological polar surface area (TPSA) is 283 Å². The van der Waals surface area contributed by atoms with Gasteiger partial charge in [0.25, 0.3) is 0 Å². The number of azide groups is 2. The largest absolute Gasteiger partial charge is 0.463 e. The van der Waals surface area contributed by atoms with Crippen LogP contribution >= 0.6 is 0 Å². The Morgan fingerprint density at radius 2 is 1.09 bits per heavy atom. The highest BCUT2D eigenvalue weighted by Crippen LogP contribution is 2.35. The Balaban J connectivity index is 2.72. The van der Waals surface area contributed by atoms with Gasteiger partial charge in [-0.3, -0.25) is 28.8 Å². The van der Waals surface area contributed by atoms with Crippen LogP contribution in [-0.2, 0) is 71.4 Å². The first-order chi connectivity index (χ1) is 21.2. The molecule has 0 aromatic heterocycles. The third-order valence-corrected chi connectivity index (χ3v) is 5.94. The lowest BCUT2D eigenvalue weighted by molar-refractivity contribution is -0.342. The van der Waals surface area contributed by atoms with E-state index in [9.17, 15) is 28.8 Å². The molecular weight excluding hydrogens is 612 g/mol. The minimum Gasteiger partial charge on any atom is -0.463 e. The summed E-state index contributed by atoms with van der Waals surface area (Å²) in [4.78, 5) is 77.5. The first-order valence-electron chi connectivity index (χ1n) is 13.2. The first-order valence-corrected chi connectivity index (χ1v) is 13.2. The van der Waals surface area contributed by atoms with Gasteiger partial charge in [-0.1, -0.05) is 10.2 Å². The molecule has 0 N–H and O–H groups in total. The summed E-state index contributed by atoms with van der Waals surface area (Å²) in [6.45, 7) is 5.05. The molecule has 21 heteroatoms. The van der Waals surface area contributed by atoms with Crippen molar-refractivity contribution < 1.29 is 71.4 Å². The zero-order chi connectivity index (χ0) is 33.8. The van der Waals surface area contributed by atoms with Gasteiger partial charge in [0.2, 0.25) is 0 Å². The number of rotatable bonds is 12. The normalized spacial score (nSPS) is 30.6. The quantitative estimate of drug-likeness (QED) is 0.0927. The molecule has 0 saturated carbocycles. The van der Waals surface area contributed by atoms with E-state index in [1.165, 1.54) is 0 Å². The Bertz CT molecular complexity index is 1240. The monoisotopic (exact) mass is 644 g/mol. The minimum atomic E-state index is -1.81. The number of carbonyl (C=O) groups excluding carboxylic acids is 6. The third-order valence-electron chi connectivity index (χ3n) is 5.94. The Morgan fingerprint density at radius 1 is 0.600 bits per heavy atom. The van der Waals surface area contributed by atoms with Crippen molar-refractivity contribution in [3.05, 3.63) is 20.9 Å². The Hall–Kier alpha value is -4.68. The molecule has 0 aromatic rings. The Labute approximate surface area is 254 Å². The van der Waals surface area contributed by atoms with Crippen molar-refractivity contribution in [1.29, 1.82) is 0 Å². The number of hydrogen-bond donors (Lipinski definition) is 0. The lowest BCUT2D eigenvalue weighted by Crippen LogP contribution is -2.66. The predicted octanol–water partition coefficient (Wildman–Crippen LogP) is 0.664. The standard InChI is InChI=1S/C24H32N6O15/c1-9(31)37-8-16-18(38-10(2)32)20(40-12(4)34)22(42-14(6)36)24(44-16)45-17-15(7-27-29-25)43-23(28-30-26)21(41-13(5)35)19(17)39-11(3)33/h15-24H,7-8H2,1-6H3/t15-,16-,17-,18-,19+,20+,21-,22-,23-,24+/m1/s1. The maximum absolute atomic E-state index is 12.2. The van der Waals surface area contributed by atoms with Gasteiger partial charge in [-0.25, -0.2) is 0 Å². The van der Waals surface area contributed by atoms with E-state index in [1.54, 1.807) is 0 Å². The van der Waals surface area contributed by atoms with Gasteiger partial charge in [0, 0.05) is 51.4 Å². The smallest absolute Gasteiger partial charge is 0.303 e. The highest BCUT2D eigenvalue weighted by atomic mass is 16.8. The maximum Gasteiger partial charge on any atom is 0.303 e. The lowest BCUT2D eigenvalue weighted by atomic mass is 9.95. The molecule has 2 heterocycles. The zero-order valence-electron chi connectivity index (χ0n) is 25.0. The molecule has 0 bridgehead atoms. The molecule has 10 atom stereocenters. The fourth-order valence-corrected chi connectivity index (χ4v) is 4.56. The van der Waals surface area contributed by atoms with E-state index in [0.717, 1.165) is 41.5 Å². The van der Waals surface area contributed by atoms with Crippen LogP contribution in [0.4, 0.5) is 0 Å². The lowest BCUT2D eigenvalue weighted by Gasteiger charge is -2.48. The van der Waals surface area contributed by atoms with Crippen LogP contribution in [0.1, 0.15) is 41.5 Å².